The summed E-state index contributed by atoms with van der Waals surface area (Å²) >= 11 is 0. The number of urea groups is 1. The second kappa shape index (κ2) is 5.57. The number of carbonyl (C=O) groups is 2. The van der Waals surface area contributed by atoms with Crippen LogP contribution in [0.25, 0.3) is 0 Å². The van der Waals surface area contributed by atoms with Crippen LogP contribution in [0.15, 0.2) is 22.8 Å². The van der Waals surface area contributed by atoms with Crippen LogP contribution in [0.1, 0.15) is 24.6 Å². The Kier molecular flexibility index (Phi) is 3.86. The van der Waals surface area contributed by atoms with Crippen molar-refractivity contribution in [3.05, 3.63) is 24.2 Å². The van der Waals surface area contributed by atoms with Gasteiger partial charge in [-0.1, -0.05) is 0 Å². The molecule has 1 aliphatic heterocycles. The summed E-state index contributed by atoms with van der Waals surface area (Å²) in [5, 5.41) is 2.54. The molecule has 2 amide bonds. The fourth-order valence-corrected chi connectivity index (χ4v) is 2.11. The number of hydrogen-bond acceptors (Lipinski definition) is 4. The molecular weight excluding hydrogens is 236 g/mol. The highest BCUT2D eigenvalue weighted by Crippen LogP contribution is 2.31. The smallest absolute Gasteiger partial charge is 0.325 e. The first-order valence-electron chi connectivity index (χ1n) is 5.87. The summed E-state index contributed by atoms with van der Waals surface area (Å²) in [6, 6.07) is 3.35. The SMILES string of the molecule is COC(=O)CNC(=O)N1CCC[C@@H]1c1ccco1. The Bertz CT molecular complexity index is 416. The van der Waals surface area contributed by atoms with E-state index in [1.54, 1.807) is 17.2 Å². The standard InChI is InChI=1S/C12H16N2O4/c1-17-11(15)8-13-12(16)14-6-2-4-9(14)10-5-3-7-18-10/h3,5,7,9H,2,4,6,8H2,1H3,(H,13,16)/t9-/m1/s1. The van der Waals surface area contributed by atoms with Gasteiger partial charge in [0.1, 0.15) is 12.3 Å². The fourth-order valence-electron chi connectivity index (χ4n) is 2.11. The topological polar surface area (TPSA) is 71.8 Å². The van der Waals surface area contributed by atoms with Crippen molar-refractivity contribution in [1.29, 1.82) is 0 Å². The first-order chi connectivity index (χ1) is 8.72. The number of nitrogens with one attached hydrogen (secondary N) is 1. The molecule has 1 saturated heterocycles. The van der Waals surface area contributed by atoms with Gasteiger partial charge in [0.05, 0.1) is 19.4 Å². The molecule has 2 heterocycles. The second-order valence-electron chi connectivity index (χ2n) is 4.10. The first kappa shape index (κ1) is 12.5. The number of amides is 2. The summed E-state index contributed by atoms with van der Waals surface area (Å²) in [4.78, 5) is 24.6. The minimum absolute atomic E-state index is 0.0438. The molecule has 0 aliphatic carbocycles. The average Bonchev–Trinajstić information content (AvgIpc) is 3.04. The van der Waals surface area contributed by atoms with E-state index < -0.39 is 5.97 Å². The molecule has 1 aromatic heterocycles. The fraction of sp³-hybridized carbons (Fsp3) is 0.500. The lowest BCUT2D eigenvalue weighted by Crippen LogP contribution is -2.41. The van der Waals surface area contributed by atoms with E-state index in [0.717, 1.165) is 18.6 Å². The van der Waals surface area contributed by atoms with Crippen LogP contribution in [0.3, 0.4) is 0 Å². The lowest BCUT2D eigenvalue weighted by molar-refractivity contribution is -0.139. The van der Waals surface area contributed by atoms with Crippen LogP contribution < -0.4 is 5.32 Å². The number of hydrogen-bond donors (Lipinski definition) is 1. The molecule has 1 aliphatic rings. The molecule has 0 bridgehead atoms. The molecule has 1 fully saturated rings. The zero-order chi connectivity index (χ0) is 13.0. The number of esters is 1. The van der Waals surface area contributed by atoms with Gasteiger partial charge < -0.3 is 19.4 Å². The van der Waals surface area contributed by atoms with E-state index in [9.17, 15) is 9.59 Å². The van der Waals surface area contributed by atoms with Gasteiger partial charge in [-0.3, -0.25) is 4.79 Å². The van der Waals surface area contributed by atoms with E-state index in [2.05, 4.69) is 10.1 Å². The van der Waals surface area contributed by atoms with Crippen molar-refractivity contribution in [3.63, 3.8) is 0 Å². The molecular formula is C12H16N2O4. The monoisotopic (exact) mass is 252 g/mol. The van der Waals surface area contributed by atoms with Gasteiger partial charge in [-0.2, -0.15) is 0 Å². The Labute approximate surface area is 105 Å². The Morgan fingerprint density at radius 2 is 2.44 bits per heavy atom. The minimum atomic E-state index is -0.461. The Balaban J connectivity index is 1.95. The summed E-state index contributed by atoms with van der Waals surface area (Å²) in [7, 11) is 1.29. The van der Waals surface area contributed by atoms with Gasteiger partial charge in [-0.25, -0.2) is 4.79 Å². The molecule has 18 heavy (non-hydrogen) atoms. The van der Waals surface area contributed by atoms with Crippen LogP contribution in [-0.4, -0.2) is 37.1 Å². The van der Waals surface area contributed by atoms with Crippen LogP contribution >= 0.6 is 0 Å². The van der Waals surface area contributed by atoms with Gasteiger partial charge in [-0.15, -0.1) is 0 Å². The van der Waals surface area contributed by atoms with Gasteiger partial charge in [0, 0.05) is 6.54 Å². The molecule has 2 rings (SSSR count). The predicted molar refractivity (Wildman–Crippen MR) is 62.8 cm³/mol. The number of nitrogens with zero attached hydrogens (tertiary/aromatic N) is 1. The zero-order valence-corrected chi connectivity index (χ0v) is 10.2. The summed E-state index contributed by atoms with van der Waals surface area (Å²) in [5.74, 6) is 0.317. The van der Waals surface area contributed by atoms with Gasteiger partial charge in [0.25, 0.3) is 0 Å². The molecule has 1 N–H and O–H groups in total. The van der Waals surface area contributed by atoms with Crippen LogP contribution in [0.4, 0.5) is 4.79 Å². The van der Waals surface area contributed by atoms with Crippen molar-refractivity contribution < 1.29 is 18.7 Å². The number of furan rings is 1. The lowest BCUT2D eigenvalue weighted by Gasteiger charge is -2.23. The molecule has 0 radical (unpaired) electrons. The van der Waals surface area contributed by atoms with E-state index in [4.69, 9.17) is 4.42 Å². The highest BCUT2D eigenvalue weighted by Gasteiger charge is 2.31. The minimum Gasteiger partial charge on any atom is -0.468 e. The van der Waals surface area contributed by atoms with Gasteiger partial charge in [0.2, 0.25) is 0 Å². The quantitative estimate of drug-likeness (QED) is 0.823. The maximum atomic E-state index is 11.9. The summed E-state index contributed by atoms with van der Waals surface area (Å²) in [6.45, 7) is 0.551. The second-order valence-corrected chi connectivity index (χ2v) is 4.10. The molecule has 0 unspecified atom stereocenters. The van der Waals surface area contributed by atoms with E-state index in [0.29, 0.717) is 6.54 Å². The predicted octanol–water partition coefficient (Wildman–Crippen LogP) is 1.30. The van der Waals surface area contributed by atoms with Crippen molar-refractivity contribution >= 4 is 12.0 Å². The van der Waals surface area contributed by atoms with Crippen molar-refractivity contribution in [3.8, 4) is 0 Å². The number of carbonyl (C=O) groups excluding carboxylic acids is 2. The number of ether oxygens (including phenoxy) is 1. The van der Waals surface area contributed by atoms with E-state index >= 15 is 0 Å². The molecule has 6 heteroatoms. The van der Waals surface area contributed by atoms with Crippen molar-refractivity contribution in [2.75, 3.05) is 20.2 Å². The van der Waals surface area contributed by atoms with Gasteiger partial charge in [-0.05, 0) is 25.0 Å². The normalized spacial score (nSPS) is 18.7. The van der Waals surface area contributed by atoms with E-state index in [1.807, 2.05) is 6.07 Å². The molecule has 1 atom stereocenters. The summed E-state index contributed by atoms with van der Waals surface area (Å²) in [6.07, 6.45) is 3.40. The number of rotatable bonds is 3. The van der Waals surface area contributed by atoms with Crippen LogP contribution in [-0.2, 0) is 9.53 Å². The van der Waals surface area contributed by atoms with Gasteiger partial charge in [0.15, 0.2) is 0 Å². The summed E-state index contributed by atoms with van der Waals surface area (Å²) in [5.41, 5.74) is 0. The van der Waals surface area contributed by atoms with Crippen LogP contribution in [0.2, 0.25) is 0 Å². The largest absolute Gasteiger partial charge is 0.468 e. The molecule has 98 valence electrons. The molecule has 0 spiro atoms. The highest BCUT2D eigenvalue weighted by atomic mass is 16.5. The summed E-state index contributed by atoms with van der Waals surface area (Å²) < 4.78 is 9.80. The Morgan fingerprint density at radius 1 is 1.61 bits per heavy atom. The molecule has 0 aromatic carbocycles. The van der Waals surface area contributed by atoms with Crippen molar-refractivity contribution in [2.45, 2.75) is 18.9 Å². The lowest BCUT2D eigenvalue weighted by atomic mass is 10.2. The van der Waals surface area contributed by atoms with Crippen molar-refractivity contribution in [2.24, 2.45) is 0 Å². The zero-order valence-electron chi connectivity index (χ0n) is 10.2. The molecule has 0 saturated carbocycles. The Hall–Kier alpha value is -1.98. The molecule has 1 aromatic rings. The Morgan fingerprint density at radius 3 is 3.11 bits per heavy atom. The number of methoxy groups -OCH3 is 1. The number of likely N-dealkylation sites (tertiary alicyclic amines) is 1. The van der Waals surface area contributed by atoms with E-state index in [-0.39, 0.29) is 18.6 Å². The first-order valence-corrected chi connectivity index (χ1v) is 5.87. The third-order valence-corrected chi connectivity index (χ3v) is 3.00. The maximum absolute atomic E-state index is 11.9. The maximum Gasteiger partial charge on any atom is 0.325 e. The van der Waals surface area contributed by atoms with Crippen molar-refractivity contribution in [1.82, 2.24) is 10.2 Å². The third-order valence-electron chi connectivity index (χ3n) is 3.00. The van der Waals surface area contributed by atoms with Gasteiger partial charge >= 0.3 is 12.0 Å². The third kappa shape index (κ3) is 2.64. The highest BCUT2D eigenvalue weighted by molar-refractivity contribution is 5.81. The average molecular weight is 252 g/mol. The van der Waals surface area contributed by atoms with Crippen LogP contribution in [0.5, 0.6) is 0 Å². The van der Waals surface area contributed by atoms with Crippen LogP contribution in [0, 0.1) is 0 Å². The molecule has 6 nitrogen and oxygen atoms in total. The van der Waals surface area contributed by atoms with E-state index in [1.165, 1.54) is 7.11 Å².